The Labute approximate surface area is 118 Å². The molecule has 1 heterocycles. The molecule has 21 heavy (non-hydrogen) atoms. The Hall–Kier alpha value is -3.47. The van der Waals surface area contributed by atoms with Gasteiger partial charge in [-0.3, -0.25) is 15.1 Å². The van der Waals surface area contributed by atoms with Gasteiger partial charge in [0, 0.05) is 12.3 Å². The number of nitrogens with zero attached hydrogens (tertiary/aromatic N) is 3. The lowest BCUT2D eigenvalue weighted by Gasteiger charge is -2.06. The fraction of sp³-hybridized carbons (Fsp3) is 0. The maximum absolute atomic E-state index is 11.0. The van der Waals surface area contributed by atoms with Crippen LogP contribution in [0.3, 0.4) is 0 Å². The molecule has 1 N–H and O–H groups in total. The van der Waals surface area contributed by atoms with Crippen molar-refractivity contribution >= 4 is 11.7 Å². The topological polar surface area (TPSA) is 126 Å². The van der Waals surface area contributed by atoms with Crippen molar-refractivity contribution < 1.29 is 19.6 Å². The zero-order valence-electron chi connectivity index (χ0n) is 10.4. The number of hydrogen-bond acceptors (Lipinski definition) is 6. The van der Waals surface area contributed by atoms with Crippen LogP contribution in [-0.4, -0.2) is 21.0 Å². The molecule has 1 aromatic heterocycles. The number of aromatic carboxylic acids is 1. The quantitative estimate of drug-likeness (QED) is 0.674. The maximum atomic E-state index is 11.0. The lowest BCUT2D eigenvalue weighted by Crippen LogP contribution is -1.99. The molecule has 2 aromatic rings. The Morgan fingerprint density at radius 3 is 2.76 bits per heavy atom. The first-order valence-corrected chi connectivity index (χ1v) is 5.56. The van der Waals surface area contributed by atoms with Crippen LogP contribution in [0.4, 0.5) is 5.69 Å². The zero-order chi connectivity index (χ0) is 15.4. The fourth-order valence-corrected chi connectivity index (χ4v) is 1.53. The van der Waals surface area contributed by atoms with Gasteiger partial charge in [0.15, 0.2) is 0 Å². The van der Waals surface area contributed by atoms with Gasteiger partial charge < -0.3 is 9.84 Å². The smallest absolute Gasteiger partial charge is 0.337 e. The third kappa shape index (κ3) is 3.10. The number of aromatic nitrogens is 1. The summed E-state index contributed by atoms with van der Waals surface area (Å²) in [6, 6.07) is 6.68. The molecule has 0 aliphatic carbocycles. The Morgan fingerprint density at radius 2 is 2.14 bits per heavy atom. The van der Waals surface area contributed by atoms with Crippen LogP contribution >= 0.6 is 0 Å². The van der Waals surface area contributed by atoms with Crippen molar-refractivity contribution in [3.05, 3.63) is 57.9 Å². The summed E-state index contributed by atoms with van der Waals surface area (Å²) in [6.07, 6.45) is 2.36. The molecule has 2 rings (SSSR count). The highest BCUT2D eigenvalue weighted by atomic mass is 16.6. The van der Waals surface area contributed by atoms with Gasteiger partial charge in [0.05, 0.1) is 28.3 Å². The molecule has 0 saturated carbocycles. The Bertz CT molecular complexity index is 767. The number of nitro benzene ring substituents is 1. The minimum Gasteiger partial charge on any atom is -0.478 e. The molecule has 0 spiro atoms. The number of pyridine rings is 1. The van der Waals surface area contributed by atoms with E-state index < -0.39 is 16.6 Å². The SMILES string of the molecule is N#Cc1ccc(Oc2cncc(C(=O)O)c2)c([N+](=O)[O-])c1. The highest BCUT2D eigenvalue weighted by Gasteiger charge is 2.17. The number of nitriles is 1. The van der Waals surface area contributed by atoms with Crippen molar-refractivity contribution in [1.29, 1.82) is 5.26 Å². The molecule has 0 aliphatic heterocycles. The average Bonchev–Trinajstić information content (AvgIpc) is 2.47. The Morgan fingerprint density at radius 1 is 1.38 bits per heavy atom. The summed E-state index contributed by atoms with van der Waals surface area (Å²) < 4.78 is 5.28. The molecule has 0 saturated heterocycles. The summed E-state index contributed by atoms with van der Waals surface area (Å²) in [5.41, 5.74) is -0.384. The summed E-state index contributed by atoms with van der Waals surface area (Å²) in [7, 11) is 0. The monoisotopic (exact) mass is 285 g/mol. The summed E-state index contributed by atoms with van der Waals surface area (Å²) in [5.74, 6) is -1.26. The third-order valence-electron chi connectivity index (χ3n) is 2.47. The van der Waals surface area contributed by atoms with Gasteiger partial charge in [-0.25, -0.2) is 4.79 Å². The average molecular weight is 285 g/mol. The predicted octanol–water partition coefficient (Wildman–Crippen LogP) is 2.35. The number of nitro groups is 1. The number of carbonyl (C=O) groups is 1. The fourth-order valence-electron chi connectivity index (χ4n) is 1.53. The molecular weight excluding hydrogens is 278 g/mol. The van der Waals surface area contributed by atoms with E-state index in [4.69, 9.17) is 15.1 Å². The normalized spacial score (nSPS) is 9.67. The Balaban J connectivity index is 2.40. The molecular formula is C13H7N3O5. The zero-order valence-corrected chi connectivity index (χ0v) is 10.4. The predicted molar refractivity (Wildman–Crippen MR) is 69.1 cm³/mol. The van der Waals surface area contributed by atoms with Gasteiger partial charge in [0.2, 0.25) is 5.75 Å². The minimum atomic E-state index is -1.19. The molecule has 0 amide bonds. The van der Waals surface area contributed by atoms with E-state index in [1.807, 2.05) is 0 Å². The van der Waals surface area contributed by atoms with Crippen molar-refractivity contribution in [2.75, 3.05) is 0 Å². The molecule has 0 radical (unpaired) electrons. The van der Waals surface area contributed by atoms with Crippen molar-refractivity contribution in [3.8, 4) is 17.6 Å². The summed E-state index contributed by atoms with van der Waals surface area (Å²) in [5, 5.41) is 28.5. The first-order chi connectivity index (χ1) is 10.0. The van der Waals surface area contributed by atoms with Gasteiger partial charge in [-0.2, -0.15) is 5.26 Å². The van der Waals surface area contributed by atoms with Crippen LogP contribution in [0.15, 0.2) is 36.7 Å². The largest absolute Gasteiger partial charge is 0.478 e. The van der Waals surface area contributed by atoms with Gasteiger partial charge in [-0.05, 0) is 18.2 Å². The molecule has 8 heteroatoms. The van der Waals surface area contributed by atoms with Crippen molar-refractivity contribution in [2.45, 2.75) is 0 Å². The number of rotatable bonds is 4. The summed E-state index contributed by atoms with van der Waals surface area (Å²) >= 11 is 0. The molecule has 0 unspecified atom stereocenters. The number of carboxylic acids is 1. The van der Waals surface area contributed by atoms with E-state index >= 15 is 0 Å². The second-order valence-corrected chi connectivity index (χ2v) is 3.87. The number of ether oxygens (including phenoxy) is 1. The summed E-state index contributed by atoms with van der Waals surface area (Å²) in [6.45, 7) is 0. The second kappa shape index (κ2) is 5.66. The minimum absolute atomic E-state index is 0.0442. The lowest BCUT2D eigenvalue weighted by atomic mass is 10.2. The van der Waals surface area contributed by atoms with E-state index in [2.05, 4.69) is 4.98 Å². The van der Waals surface area contributed by atoms with E-state index in [1.165, 1.54) is 24.4 Å². The van der Waals surface area contributed by atoms with E-state index in [0.717, 1.165) is 12.3 Å². The van der Waals surface area contributed by atoms with Gasteiger partial charge >= 0.3 is 11.7 Å². The van der Waals surface area contributed by atoms with E-state index in [1.54, 1.807) is 6.07 Å². The van der Waals surface area contributed by atoms with Crippen LogP contribution in [-0.2, 0) is 0 Å². The number of hydrogen-bond donors (Lipinski definition) is 1. The number of carboxylic acid groups (broad SMARTS) is 1. The van der Waals surface area contributed by atoms with Crippen molar-refractivity contribution in [3.63, 3.8) is 0 Å². The van der Waals surface area contributed by atoms with Gasteiger partial charge in [-0.1, -0.05) is 0 Å². The summed E-state index contributed by atoms with van der Waals surface area (Å²) in [4.78, 5) is 24.8. The second-order valence-electron chi connectivity index (χ2n) is 3.87. The van der Waals surface area contributed by atoms with Crippen LogP contribution in [0.2, 0.25) is 0 Å². The standard InChI is InChI=1S/C13H7N3O5/c14-5-8-1-2-12(11(3-8)16(19)20)21-10-4-9(13(17)18)6-15-7-10/h1-4,6-7H,(H,17,18). The van der Waals surface area contributed by atoms with Crippen LogP contribution < -0.4 is 4.74 Å². The van der Waals surface area contributed by atoms with Crippen LogP contribution in [0.1, 0.15) is 15.9 Å². The van der Waals surface area contributed by atoms with E-state index in [-0.39, 0.29) is 22.6 Å². The number of benzene rings is 1. The van der Waals surface area contributed by atoms with Crippen LogP contribution in [0.25, 0.3) is 0 Å². The van der Waals surface area contributed by atoms with Crippen LogP contribution in [0, 0.1) is 21.4 Å². The third-order valence-corrected chi connectivity index (χ3v) is 2.47. The van der Waals surface area contributed by atoms with Crippen molar-refractivity contribution in [2.24, 2.45) is 0 Å². The van der Waals surface area contributed by atoms with E-state index in [9.17, 15) is 14.9 Å². The van der Waals surface area contributed by atoms with E-state index in [0.29, 0.717) is 0 Å². The lowest BCUT2D eigenvalue weighted by molar-refractivity contribution is -0.385. The highest BCUT2D eigenvalue weighted by molar-refractivity contribution is 5.87. The van der Waals surface area contributed by atoms with Gasteiger partial charge in [-0.15, -0.1) is 0 Å². The van der Waals surface area contributed by atoms with Gasteiger partial charge in [0.25, 0.3) is 0 Å². The molecule has 104 valence electrons. The highest BCUT2D eigenvalue weighted by Crippen LogP contribution is 2.32. The first kappa shape index (κ1) is 14.0. The Kier molecular flexibility index (Phi) is 3.76. The first-order valence-electron chi connectivity index (χ1n) is 5.56. The molecule has 0 bridgehead atoms. The maximum Gasteiger partial charge on any atom is 0.337 e. The molecule has 0 atom stereocenters. The molecule has 1 aromatic carbocycles. The van der Waals surface area contributed by atoms with Crippen molar-refractivity contribution in [1.82, 2.24) is 4.98 Å². The molecule has 0 fully saturated rings. The molecule has 0 aliphatic rings. The van der Waals surface area contributed by atoms with Gasteiger partial charge in [0.1, 0.15) is 5.75 Å². The van der Waals surface area contributed by atoms with Crippen LogP contribution in [0.5, 0.6) is 11.5 Å². The molecule has 8 nitrogen and oxygen atoms in total.